The number of rotatable bonds is 3. The van der Waals surface area contributed by atoms with Gasteiger partial charge >= 0.3 is 0 Å². The maximum atomic E-state index is 10.5. The van der Waals surface area contributed by atoms with E-state index in [1.54, 1.807) is 6.07 Å². The molecule has 1 unspecified atom stereocenters. The molecule has 1 atom stereocenters. The minimum Gasteiger partial charge on any atom is -0.388 e. The van der Waals surface area contributed by atoms with Crippen LogP contribution in [0.4, 0.5) is 0 Å². The Morgan fingerprint density at radius 1 is 0.950 bits per heavy atom. The second-order valence-electron chi connectivity index (χ2n) is 5.28. The summed E-state index contributed by atoms with van der Waals surface area (Å²) in [6.45, 7) is 6.13. The fraction of sp³-hybridized carbons (Fsp3) is 0.294. The van der Waals surface area contributed by atoms with Crippen LogP contribution in [0.2, 0.25) is 10.0 Å². The van der Waals surface area contributed by atoms with Crippen LogP contribution in [0.25, 0.3) is 0 Å². The van der Waals surface area contributed by atoms with E-state index in [2.05, 4.69) is 19.1 Å². The van der Waals surface area contributed by atoms with Crippen LogP contribution in [0.15, 0.2) is 30.3 Å². The van der Waals surface area contributed by atoms with Crippen LogP contribution in [-0.2, 0) is 6.42 Å². The van der Waals surface area contributed by atoms with E-state index in [0.29, 0.717) is 16.5 Å². The Balaban J connectivity index is 2.28. The van der Waals surface area contributed by atoms with Crippen molar-refractivity contribution < 1.29 is 5.11 Å². The van der Waals surface area contributed by atoms with E-state index in [9.17, 15) is 5.11 Å². The van der Waals surface area contributed by atoms with Crippen LogP contribution in [0.3, 0.4) is 0 Å². The van der Waals surface area contributed by atoms with Gasteiger partial charge < -0.3 is 5.11 Å². The molecule has 0 amide bonds. The van der Waals surface area contributed by atoms with Gasteiger partial charge in [0, 0.05) is 6.42 Å². The molecule has 1 nitrogen and oxygen atoms in total. The number of aliphatic hydroxyl groups is 1. The molecule has 0 aliphatic carbocycles. The molecule has 0 spiro atoms. The van der Waals surface area contributed by atoms with Crippen molar-refractivity contribution in [3.8, 4) is 0 Å². The molecule has 0 heterocycles. The third-order valence-electron chi connectivity index (χ3n) is 3.48. The molecular formula is C17H18Cl2O. The van der Waals surface area contributed by atoms with Gasteiger partial charge in [0.15, 0.2) is 0 Å². The Bertz CT molecular complexity index is 612. The minimum atomic E-state index is -0.534. The van der Waals surface area contributed by atoms with Crippen molar-refractivity contribution in [3.05, 3.63) is 68.2 Å². The third kappa shape index (κ3) is 3.35. The van der Waals surface area contributed by atoms with Crippen molar-refractivity contribution in [3.63, 3.8) is 0 Å². The topological polar surface area (TPSA) is 20.2 Å². The lowest BCUT2D eigenvalue weighted by Crippen LogP contribution is -2.06. The lowest BCUT2D eigenvalue weighted by Gasteiger charge is -2.18. The van der Waals surface area contributed by atoms with Crippen molar-refractivity contribution in [1.82, 2.24) is 0 Å². The molecule has 0 saturated carbocycles. The maximum absolute atomic E-state index is 10.5. The second kappa shape index (κ2) is 6.17. The third-order valence-corrected chi connectivity index (χ3v) is 4.22. The predicted molar refractivity (Wildman–Crippen MR) is 85.8 cm³/mol. The van der Waals surface area contributed by atoms with E-state index < -0.39 is 6.10 Å². The number of aryl methyl sites for hydroxylation is 3. The first-order valence-corrected chi connectivity index (χ1v) is 7.34. The first-order chi connectivity index (χ1) is 9.38. The van der Waals surface area contributed by atoms with E-state index in [1.807, 2.05) is 26.0 Å². The highest BCUT2D eigenvalue weighted by molar-refractivity contribution is 6.42. The summed E-state index contributed by atoms with van der Waals surface area (Å²) >= 11 is 11.9. The quantitative estimate of drug-likeness (QED) is 0.826. The number of aliphatic hydroxyl groups excluding tert-OH is 1. The smallest absolute Gasteiger partial charge is 0.0835 e. The van der Waals surface area contributed by atoms with E-state index in [1.165, 1.54) is 5.56 Å². The molecule has 0 saturated heterocycles. The van der Waals surface area contributed by atoms with Gasteiger partial charge in [0.25, 0.3) is 0 Å². The summed E-state index contributed by atoms with van der Waals surface area (Å²) in [6, 6.07) is 9.67. The average Bonchev–Trinajstić information content (AvgIpc) is 2.32. The van der Waals surface area contributed by atoms with Gasteiger partial charge in [-0.15, -0.1) is 0 Å². The first-order valence-electron chi connectivity index (χ1n) is 6.58. The van der Waals surface area contributed by atoms with Crippen molar-refractivity contribution in [2.75, 3.05) is 0 Å². The highest BCUT2D eigenvalue weighted by Crippen LogP contribution is 2.29. The molecule has 106 valence electrons. The van der Waals surface area contributed by atoms with Gasteiger partial charge in [-0.25, -0.2) is 0 Å². The first kappa shape index (κ1) is 15.4. The maximum Gasteiger partial charge on any atom is 0.0835 e. The Labute approximate surface area is 130 Å². The van der Waals surface area contributed by atoms with E-state index in [0.717, 1.165) is 22.3 Å². The molecule has 20 heavy (non-hydrogen) atoms. The van der Waals surface area contributed by atoms with Crippen LogP contribution < -0.4 is 0 Å². The van der Waals surface area contributed by atoms with E-state index >= 15 is 0 Å². The standard InChI is InChI=1S/C17H18Cl2O/c1-10-6-11(2)17(12(3)7-10)16(20)9-13-4-5-14(18)15(19)8-13/h4-8,16,20H,9H2,1-3H3. The van der Waals surface area contributed by atoms with Crippen molar-refractivity contribution in [2.45, 2.75) is 33.3 Å². The normalized spacial score (nSPS) is 12.5. The van der Waals surface area contributed by atoms with Gasteiger partial charge in [-0.05, 0) is 55.2 Å². The SMILES string of the molecule is Cc1cc(C)c(C(O)Cc2ccc(Cl)c(Cl)c2)c(C)c1. The van der Waals surface area contributed by atoms with Crippen LogP contribution in [0.5, 0.6) is 0 Å². The Hall–Kier alpha value is -1.02. The Morgan fingerprint density at radius 2 is 1.55 bits per heavy atom. The molecule has 0 bridgehead atoms. The molecule has 0 aliphatic rings. The largest absolute Gasteiger partial charge is 0.388 e. The summed E-state index contributed by atoms with van der Waals surface area (Å²) in [6.07, 6.45) is -0.00501. The number of hydrogen-bond donors (Lipinski definition) is 1. The molecule has 0 radical (unpaired) electrons. The Kier molecular flexibility index (Phi) is 4.74. The molecule has 0 aliphatic heterocycles. The summed E-state index contributed by atoms with van der Waals surface area (Å²) in [5, 5.41) is 11.6. The highest BCUT2D eigenvalue weighted by atomic mass is 35.5. The molecule has 0 fully saturated rings. The second-order valence-corrected chi connectivity index (χ2v) is 6.10. The minimum absolute atomic E-state index is 0.522. The molecule has 2 rings (SSSR count). The van der Waals surface area contributed by atoms with E-state index in [-0.39, 0.29) is 0 Å². The van der Waals surface area contributed by atoms with Crippen LogP contribution in [0.1, 0.15) is 33.9 Å². The fourth-order valence-electron chi connectivity index (χ4n) is 2.71. The Morgan fingerprint density at radius 3 is 2.10 bits per heavy atom. The molecular weight excluding hydrogens is 291 g/mol. The summed E-state index contributed by atoms with van der Waals surface area (Å²) in [5.74, 6) is 0. The van der Waals surface area contributed by atoms with Gasteiger partial charge in [-0.3, -0.25) is 0 Å². The zero-order valence-electron chi connectivity index (χ0n) is 11.9. The summed E-state index contributed by atoms with van der Waals surface area (Å²) < 4.78 is 0. The van der Waals surface area contributed by atoms with Crippen LogP contribution >= 0.6 is 23.2 Å². The molecule has 3 heteroatoms. The van der Waals surface area contributed by atoms with Crippen LogP contribution in [-0.4, -0.2) is 5.11 Å². The summed E-state index contributed by atoms with van der Waals surface area (Å²) in [5.41, 5.74) is 5.43. The monoisotopic (exact) mass is 308 g/mol. The molecule has 0 aromatic heterocycles. The van der Waals surface area contributed by atoms with Gasteiger partial charge in [0.2, 0.25) is 0 Å². The van der Waals surface area contributed by atoms with Crippen LogP contribution in [0, 0.1) is 20.8 Å². The lowest BCUT2D eigenvalue weighted by atomic mass is 9.92. The molecule has 2 aromatic carbocycles. The van der Waals surface area contributed by atoms with Gasteiger partial charge in [0.05, 0.1) is 16.1 Å². The van der Waals surface area contributed by atoms with Crippen molar-refractivity contribution in [2.24, 2.45) is 0 Å². The number of hydrogen-bond acceptors (Lipinski definition) is 1. The number of halogens is 2. The summed E-state index contributed by atoms with van der Waals surface area (Å²) in [4.78, 5) is 0. The lowest BCUT2D eigenvalue weighted by molar-refractivity contribution is 0.177. The van der Waals surface area contributed by atoms with Crippen molar-refractivity contribution >= 4 is 23.2 Å². The zero-order valence-corrected chi connectivity index (χ0v) is 13.4. The average molecular weight is 309 g/mol. The van der Waals surface area contributed by atoms with Gasteiger partial charge in [0.1, 0.15) is 0 Å². The predicted octanol–water partition coefficient (Wildman–Crippen LogP) is 5.19. The fourth-order valence-corrected chi connectivity index (χ4v) is 3.03. The van der Waals surface area contributed by atoms with E-state index in [4.69, 9.17) is 23.2 Å². The molecule has 1 N–H and O–H groups in total. The van der Waals surface area contributed by atoms with Gasteiger partial charge in [-0.2, -0.15) is 0 Å². The van der Waals surface area contributed by atoms with Crippen molar-refractivity contribution in [1.29, 1.82) is 0 Å². The zero-order chi connectivity index (χ0) is 14.9. The number of benzene rings is 2. The van der Waals surface area contributed by atoms with Gasteiger partial charge in [-0.1, -0.05) is 47.0 Å². The highest BCUT2D eigenvalue weighted by Gasteiger charge is 2.15. The molecule has 2 aromatic rings. The summed E-state index contributed by atoms with van der Waals surface area (Å²) in [7, 11) is 0.